The van der Waals surface area contributed by atoms with Crippen molar-refractivity contribution < 1.29 is 9.53 Å². The number of benzene rings is 1. The van der Waals surface area contributed by atoms with Gasteiger partial charge in [0.05, 0.1) is 7.11 Å². The lowest BCUT2D eigenvalue weighted by atomic mass is 10.0. The molecule has 6 heteroatoms. The molecule has 1 saturated heterocycles. The van der Waals surface area contributed by atoms with Crippen molar-refractivity contribution in [2.75, 3.05) is 20.2 Å². The van der Waals surface area contributed by atoms with Crippen molar-refractivity contribution in [2.45, 2.75) is 39.7 Å². The molecule has 1 fully saturated rings. The second-order valence-corrected chi connectivity index (χ2v) is 8.13. The fraction of sp³-hybridized carbons (Fsp3) is 0.435. The first-order valence-corrected chi connectivity index (χ1v) is 10.2. The van der Waals surface area contributed by atoms with Crippen LogP contribution in [0.4, 0.5) is 0 Å². The summed E-state index contributed by atoms with van der Waals surface area (Å²) in [5.74, 6) is 2.35. The topological polar surface area (TPSA) is 60.2 Å². The standard InChI is InChI=1S/C23H28N4O2/c1-15(2)27-21(25-20-6-5-10-24-22(20)27)13-17-9-11-26(14-17)23(28)19-8-7-18(29-4)12-16(19)3/h5-8,10,12,15,17H,9,11,13-14H2,1-4H3. The summed E-state index contributed by atoms with van der Waals surface area (Å²) in [5, 5.41) is 0. The number of pyridine rings is 1. The van der Waals surface area contributed by atoms with Gasteiger partial charge in [-0.15, -0.1) is 0 Å². The molecule has 6 nitrogen and oxygen atoms in total. The van der Waals surface area contributed by atoms with Crippen molar-refractivity contribution in [1.29, 1.82) is 0 Å². The number of fused-ring (bicyclic) bond motifs is 1. The van der Waals surface area contributed by atoms with E-state index in [1.165, 1.54) is 0 Å². The largest absolute Gasteiger partial charge is 0.497 e. The van der Waals surface area contributed by atoms with Gasteiger partial charge in [0.25, 0.3) is 5.91 Å². The quantitative estimate of drug-likeness (QED) is 0.658. The number of aryl methyl sites for hydroxylation is 1. The first-order chi connectivity index (χ1) is 14.0. The monoisotopic (exact) mass is 392 g/mol. The summed E-state index contributed by atoms with van der Waals surface area (Å²) >= 11 is 0. The van der Waals surface area contributed by atoms with Gasteiger partial charge in [-0.3, -0.25) is 4.79 Å². The number of carbonyl (C=O) groups excluding carboxylic acids is 1. The fourth-order valence-electron chi connectivity index (χ4n) is 4.28. The molecule has 2 aromatic heterocycles. The highest BCUT2D eigenvalue weighted by atomic mass is 16.5. The van der Waals surface area contributed by atoms with Crippen molar-refractivity contribution in [3.8, 4) is 5.75 Å². The number of ether oxygens (including phenoxy) is 1. The van der Waals surface area contributed by atoms with Crippen LogP contribution in [0, 0.1) is 12.8 Å². The summed E-state index contributed by atoms with van der Waals surface area (Å²) in [4.78, 5) is 24.4. The second kappa shape index (κ2) is 7.85. The van der Waals surface area contributed by atoms with E-state index in [9.17, 15) is 4.79 Å². The molecular formula is C23H28N4O2. The second-order valence-electron chi connectivity index (χ2n) is 8.13. The molecule has 1 unspecified atom stereocenters. The first-order valence-electron chi connectivity index (χ1n) is 10.2. The number of rotatable bonds is 5. The number of carbonyl (C=O) groups is 1. The van der Waals surface area contributed by atoms with E-state index in [1.54, 1.807) is 7.11 Å². The van der Waals surface area contributed by atoms with E-state index in [0.717, 1.165) is 59.8 Å². The third kappa shape index (κ3) is 3.71. The third-order valence-corrected chi connectivity index (χ3v) is 5.75. The number of amides is 1. The normalized spacial score (nSPS) is 16.7. The lowest BCUT2D eigenvalue weighted by molar-refractivity contribution is 0.0786. The highest BCUT2D eigenvalue weighted by molar-refractivity contribution is 5.96. The molecule has 0 radical (unpaired) electrons. The highest BCUT2D eigenvalue weighted by Gasteiger charge is 2.29. The van der Waals surface area contributed by atoms with Crippen molar-refractivity contribution in [3.63, 3.8) is 0 Å². The molecule has 4 rings (SSSR count). The van der Waals surface area contributed by atoms with E-state index in [0.29, 0.717) is 12.0 Å². The van der Waals surface area contributed by atoms with E-state index in [1.807, 2.05) is 48.4 Å². The summed E-state index contributed by atoms with van der Waals surface area (Å²) in [6.45, 7) is 7.84. The van der Waals surface area contributed by atoms with E-state index in [-0.39, 0.29) is 5.91 Å². The van der Waals surface area contributed by atoms with Crippen LogP contribution in [0.15, 0.2) is 36.5 Å². The molecule has 1 atom stereocenters. The van der Waals surface area contributed by atoms with E-state index >= 15 is 0 Å². The van der Waals surface area contributed by atoms with Crippen molar-refractivity contribution in [1.82, 2.24) is 19.4 Å². The molecule has 0 N–H and O–H groups in total. The van der Waals surface area contributed by atoms with Gasteiger partial charge in [0, 0.05) is 37.3 Å². The van der Waals surface area contributed by atoms with Crippen LogP contribution < -0.4 is 4.74 Å². The Balaban J connectivity index is 1.50. The molecule has 152 valence electrons. The minimum atomic E-state index is 0.103. The Morgan fingerprint density at radius 1 is 1.31 bits per heavy atom. The predicted molar refractivity (Wildman–Crippen MR) is 113 cm³/mol. The minimum Gasteiger partial charge on any atom is -0.497 e. The smallest absolute Gasteiger partial charge is 0.254 e. The fourth-order valence-corrected chi connectivity index (χ4v) is 4.28. The van der Waals surface area contributed by atoms with Crippen LogP contribution in [0.2, 0.25) is 0 Å². The Hall–Kier alpha value is -2.89. The average Bonchev–Trinajstić information content (AvgIpc) is 3.31. The van der Waals surface area contributed by atoms with Gasteiger partial charge in [0.2, 0.25) is 0 Å². The number of methoxy groups -OCH3 is 1. The highest BCUT2D eigenvalue weighted by Crippen LogP contribution is 2.27. The maximum atomic E-state index is 13.0. The van der Waals surface area contributed by atoms with Gasteiger partial charge in [0.15, 0.2) is 5.65 Å². The Labute approximate surface area is 171 Å². The minimum absolute atomic E-state index is 0.103. The van der Waals surface area contributed by atoms with Crippen LogP contribution in [-0.4, -0.2) is 45.5 Å². The Bertz CT molecular complexity index is 1040. The Kier molecular flexibility index (Phi) is 5.26. The Morgan fingerprint density at radius 2 is 2.14 bits per heavy atom. The van der Waals surface area contributed by atoms with E-state index < -0.39 is 0 Å². The van der Waals surface area contributed by atoms with Crippen LogP contribution in [0.25, 0.3) is 11.2 Å². The number of imidazole rings is 1. The molecule has 1 aliphatic rings. The van der Waals surface area contributed by atoms with Crippen LogP contribution in [-0.2, 0) is 6.42 Å². The predicted octanol–water partition coefficient (Wildman–Crippen LogP) is 4.03. The van der Waals surface area contributed by atoms with Crippen LogP contribution in [0.5, 0.6) is 5.75 Å². The van der Waals surface area contributed by atoms with Gasteiger partial charge in [-0.25, -0.2) is 9.97 Å². The summed E-state index contributed by atoms with van der Waals surface area (Å²) in [5.41, 5.74) is 3.59. The molecule has 1 amide bonds. The summed E-state index contributed by atoms with van der Waals surface area (Å²) < 4.78 is 7.48. The van der Waals surface area contributed by atoms with Gasteiger partial charge in [-0.1, -0.05) is 0 Å². The van der Waals surface area contributed by atoms with Crippen molar-refractivity contribution in [3.05, 3.63) is 53.5 Å². The third-order valence-electron chi connectivity index (χ3n) is 5.75. The van der Waals surface area contributed by atoms with Gasteiger partial charge >= 0.3 is 0 Å². The van der Waals surface area contributed by atoms with Crippen LogP contribution in [0.3, 0.4) is 0 Å². The van der Waals surface area contributed by atoms with Gasteiger partial charge in [0.1, 0.15) is 17.1 Å². The maximum absolute atomic E-state index is 13.0. The van der Waals surface area contributed by atoms with Gasteiger partial charge in [-0.2, -0.15) is 0 Å². The van der Waals surface area contributed by atoms with E-state index in [2.05, 4.69) is 23.4 Å². The van der Waals surface area contributed by atoms with Crippen LogP contribution >= 0.6 is 0 Å². The lowest BCUT2D eigenvalue weighted by Crippen LogP contribution is -2.29. The Morgan fingerprint density at radius 3 is 2.86 bits per heavy atom. The van der Waals surface area contributed by atoms with Gasteiger partial charge in [-0.05, 0) is 69.0 Å². The molecule has 0 aliphatic carbocycles. The summed E-state index contributed by atoms with van der Waals surface area (Å²) in [7, 11) is 1.64. The zero-order valence-electron chi connectivity index (χ0n) is 17.6. The summed E-state index contributed by atoms with van der Waals surface area (Å²) in [6, 6.07) is 9.88. The zero-order valence-corrected chi connectivity index (χ0v) is 17.6. The number of likely N-dealkylation sites (tertiary alicyclic amines) is 1. The van der Waals surface area contributed by atoms with Gasteiger partial charge < -0.3 is 14.2 Å². The number of hydrogen-bond donors (Lipinski definition) is 0. The molecule has 1 aromatic carbocycles. The molecule has 1 aliphatic heterocycles. The molecular weight excluding hydrogens is 364 g/mol. The average molecular weight is 393 g/mol. The van der Waals surface area contributed by atoms with Crippen molar-refractivity contribution >= 4 is 17.1 Å². The van der Waals surface area contributed by atoms with E-state index in [4.69, 9.17) is 9.72 Å². The number of aromatic nitrogens is 3. The first kappa shape index (κ1) is 19.4. The molecule has 29 heavy (non-hydrogen) atoms. The van der Waals surface area contributed by atoms with Crippen molar-refractivity contribution in [2.24, 2.45) is 5.92 Å². The molecule has 0 bridgehead atoms. The molecule has 3 aromatic rings. The number of nitrogens with zero attached hydrogens (tertiary/aromatic N) is 4. The molecule has 0 spiro atoms. The zero-order chi connectivity index (χ0) is 20.5. The SMILES string of the molecule is COc1ccc(C(=O)N2CCC(Cc3nc4cccnc4n3C(C)C)C2)c(C)c1. The molecule has 3 heterocycles. The number of hydrogen-bond acceptors (Lipinski definition) is 4. The maximum Gasteiger partial charge on any atom is 0.254 e. The van der Waals surface area contributed by atoms with Crippen LogP contribution in [0.1, 0.15) is 48.1 Å². The summed E-state index contributed by atoms with van der Waals surface area (Å²) in [6.07, 6.45) is 3.68. The molecule has 0 saturated carbocycles. The lowest BCUT2D eigenvalue weighted by Gasteiger charge is -2.19.